The first kappa shape index (κ1) is 7.74. The SMILES string of the molecule is C/C(=N\O)O/C(C)=N/O. The average molecular weight is 132 g/mol. The summed E-state index contributed by atoms with van der Waals surface area (Å²) in [4.78, 5) is 0. The Morgan fingerprint density at radius 3 is 1.67 bits per heavy atom. The number of nitrogens with zero attached hydrogens (tertiary/aromatic N) is 2. The standard InChI is InChI=1S/C4H8N2O3/c1-3(5-7)9-4(2)6-8/h7-8H,1-2H3/b5-3+,6-4+. The van der Waals surface area contributed by atoms with Crippen LogP contribution in [0.15, 0.2) is 10.3 Å². The fourth-order valence-electron chi connectivity index (χ4n) is 0.255. The van der Waals surface area contributed by atoms with Crippen LogP contribution >= 0.6 is 0 Å². The molecule has 0 aliphatic rings. The predicted molar refractivity (Wildman–Crippen MR) is 30.9 cm³/mol. The van der Waals surface area contributed by atoms with Gasteiger partial charge in [-0.1, -0.05) is 10.3 Å². The Balaban J connectivity index is 3.75. The second-order valence-electron chi connectivity index (χ2n) is 1.34. The van der Waals surface area contributed by atoms with Crippen LogP contribution < -0.4 is 0 Å². The lowest BCUT2D eigenvalue weighted by atomic mass is 10.7. The van der Waals surface area contributed by atoms with Crippen LogP contribution in [0, 0.1) is 0 Å². The third-order valence-corrected chi connectivity index (χ3v) is 0.577. The molecule has 0 amide bonds. The summed E-state index contributed by atoms with van der Waals surface area (Å²) in [5.74, 6) is 0.0654. The summed E-state index contributed by atoms with van der Waals surface area (Å²) >= 11 is 0. The minimum Gasteiger partial charge on any atom is -0.423 e. The van der Waals surface area contributed by atoms with Crippen LogP contribution in [-0.2, 0) is 4.74 Å². The van der Waals surface area contributed by atoms with Gasteiger partial charge in [0.05, 0.1) is 0 Å². The maximum atomic E-state index is 8.01. The summed E-state index contributed by atoms with van der Waals surface area (Å²) in [7, 11) is 0. The zero-order chi connectivity index (χ0) is 7.28. The summed E-state index contributed by atoms with van der Waals surface area (Å²) in [6, 6.07) is 0. The molecule has 0 rings (SSSR count). The number of rotatable bonds is 0. The Labute approximate surface area is 52.2 Å². The smallest absolute Gasteiger partial charge is 0.229 e. The maximum absolute atomic E-state index is 8.01. The monoisotopic (exact) mass is 132 g/mol. The third-order valence-electron chi connectivity index (χ3n) is 0.577. The average Bonchev–Trinajstić information content (AvgIpc) is 1.87. The van der Waals surface area contributed by atoms with Crippen molar-refractivity contribution in [2.45, 2.75) is 13.8 Å². The normalized spacial score (nSPS) is 13.6. The summed E-state index contributed by atoms with van der Waals surface area (Å²) < 4.78 is 4.55. The van der Waals surface area contributed by atoms with Gasteiger partial charge in [-0.3, -0.25) is 0 Å². The summed E-state index contributed by atoms with van der Waals surface area (Å²) in [5, 5.41) is 21.4. The molecule has 0 heterocycles. The van der Waals surface area contributed by atoms with E-state index in [9.17, 15) is 0 Å². The van der Waals surface area contributed by atoms with Crippen molar-refractivity contribution in [2.75, 3.05) is 0 Å². The number of ether oxygens (including phenoxy) is 1. The molecule has 0 spiro atoms. The van der Waals surface area contributed by atoms with Crippen molar-refractivity contribution in [2.24, 2.45) is 10.3 Å². The second-order valence-corrected chi connectivity index (χ2v) is 1.34. The number of oxime groups is 2. The first-order chi connectivity index (χ1) is 4.20. The third kappa shape index (κ3) is 3.33. The van der Waals surface area contributed by atoms with Gasteiger partial charge in [0.2, 0.25) is 11.8 Å². The molecule has 0 aromatic heterocycles. The van der Waals surface area contributed by atoms with Gasteiger partial charge in [-0.25, -0.2) is 0 Å². The van der Waals surface area contributed by atoms with Crippen LogP contribution in [0.4, 0.5) is 0 Å². The highest BCUT2D eigenvalue weighted by Crippen LogP contribution is 1.82. The Morgan fingerprint density at radius 1 is 1.11 bits per heavy atom. The van der Waals surface area contributed by atoms with E-state index in [2.05, 4.69) is 15.0 Å². The highest BCUT2D eigenvalue weighted by atomic mass is 16.6. The van der Waals surface area contributed by atoms with Crippen molar-refractivity contribution in [3.63, 3.8) is 0 Å². The molecule has 0 saturated heterocycles. The van der Waals surface area contributed by atoms with Gasteiger partial charge in [0.15, 0.2) is 0 Å². The predicted octanol–water partition coefficient (Wildman–Crippen LogP) is 0.618. The molecule has 0 radical (unpaired) electrons. The fraction of sp³-hybridized carbons (Fsp3) is 0.500. The summed E-state index contributed by atoms with van der Waals surface area (Å²) in [5.41, 5.74) is 0. The van der Waals surface area contributed by atoms with E-state index in [4.69, 9.17) is 10.4 Å². The quantitative estimate of drug-likeness (QED) is 0.219. The van der Waals surface area contributed by atoms with Crippen molar-refractivity contribution in [3.05, 3.63) is 0 Å². The number of hydrogen-bond acceptors (Lipinski definition) is 5. The van der Waals surface area contributed by atoms with Crippen LogP contribution in [0.25, 0.3) is 0 Å². The molecule has 52 valence electrons. The molecule has 9 heavy (non-hydrogen) atoms. The topological polar surface area (TPSA) is 74.4 Å². The second kappa shape index (κ2) is 3.71. The van der Waals surface area contributed by atoms with E-state index < -0.39 is 0 Å². The minimum absolute atomic E-state index is 0.0327. The van der Waals surface area contributed by atoms with E-state index >= 15 is 0 Å². The Kier molecular flexibility index (Phi) is 3.19. The molecule has 0 aliphatic carbocycles. The van der Waals surface area contributed by atoms with Gasteiger partial charge in [0.1, 0.15) is 0 Å². The van der Waals surface area contributed by atoms with Gasteiger partial charge in [0.25, 0.3) is 0 Å². The molecule has 2 N–H and O–H groups in total. The van der Waals surface area contributed by atoms with Crippen molar-refractivity contribution in [1.29, 1.82) is 0 Å². The molecule has 0 bridgehead atoms. The molecular formula is C4H8N2O3. The Hall–Kier alpha value is -1.26. The van der Waals surface area contributed by atoms with Gasteiger partial charge in [-0.05, 0) is 0 Å². The van der Waals surface area contributed by atoms with Crippen LogP contribution in [0.5, 0.6) is 0 Å². The van der Waals surface area contributed by atoms with Crippen molar-refractivity contribution < 1.29 is 15.2 Å². The van der Waals surface area contributed by atoms with E-state index in [0.29, 0.717) is 0 Å². The van der Waals surface area contributed by atoms with Gasteiger partial charge in [-0.2, -0.15) is 0 Å². The molecule has 0 saturated carbocycles. The Morgan fingerprint density at radius 2 is 1.44 bits per heavy atom. The van der Waals surface area contributed by atoms with Crippen molar-refractivity contribution in [3.8, 4) is 0 Å². The molecule has 0 atom stereocenters. The van der Waals surface area contributed by atoms with Gasteiger partial charge in [-0.15, -0.1) is 0 Å². The molecule has 0 aromatic carbocycles. The lowest BCUT2D eigenvalue weighted by Gasteiger charge is -1.96. The molecule has 0 fully saturated rings. The van der Waals surface area contributed by atoms with Crippen LogP contribution in [0.3, 0.4) is 0 Å². The van der Waals surface area contributed by atoms with Gasteiger partial charge >= 0.3 is 0 Å². The highest BCUT2D eigenvalue weighted by molar-refractivity contribution is 5.88. The van der Waals surface area contributed by atoms with Crippen LogP contribution in [0.1, 0.15) is 13.8 Å². The lowest BCUT2D eigenvalue weighted by molar-refractivity contribution is 0.286. The lowest BCUT2D eigenvalue weighted by Crippen LogP contribution is -2.05. The summed E-state index contributed by atoms with van der Waals surface area (Å²) in [6.07, 6.45) is 0. The first-order valence-electron chi connectivity index (χ1n) is 2.26. The first-order valence-corrected chi connectivity index (χ1v) is 2.26. The van der Waals surface area contributed by atoms with Crippen LogP contribution in [-0.4, -0.2) is 22.2 Å². The van der Waals surface area contributed by atoms with Gasteiger partial charge < -0.3 is 15.2 Å². The van der Waals surface area contributed by atoms with Crippen molar-refractivity contribution >= 4 is 11.8 Å². The largest absolute Gasteiger partial charge is 0.423 e. The zero-order valence-corrected chi connectivity index (χ0v) is 5.20. The van der Waals surface area contributed by atoms with E-state index in [0.717, 1.165) is 0 Å². The van der Waals surface area contributed by atoms with Crippen molar-refractivity contribution in [1.82, 2.24) is 0 Å². The van der Waals surface area contributed by atoms with E-state index in [1.54, 1.807) is 0 Å². The molecule has 5 nitrogen and oxygen atoms in total. The number of hydrogen-bond donors (Lipinski definition) is 2. The molecule has 0 aliphatic heterocycles. The van der Waals surface area contributed by atoms with E-state index in [-0.39, 0.29) is 11.8 Å². The maximum Gasteiger partial charge on any atom is 0.229 e. The van der Waals surface area contributed by atoms with Gasteiger partial charge in [0, 0.05) is 13.8 Å². The minimum atomic E-state index is 0.0327. The van der Waals surface area contributed by atoms with E-state index in [1.165, 1.54) is 13.8 Å². The zero-order valence-electron chi connectivity index (χ0n) is 5.20. The van der Waals surface area contributed by atoms with E-state index in [1.807, 2.05) is 0 Å². The fourth-order valence-corrected chi connectivity index (χ4v) is 0.255. The Bertz CT molecular complexity index is 125. The highest BCUT2D eigenvalue weighted by Gasteiger charge is 1.93. The molecular weight excluding hydrogens is 124 g/mol. The summed E-state index contributed by atoms with van der Waals surface area (Å²) in [6.45, 7) is 2.85. The van der Waals surface area contributed by atoms with Crippen LogP contribution in [0.2, 0.25) is 0 Å². The molecule has 0 aromatic rings. The molecule has 5 heteroatoms. The molecule has 0 unspecified atom stereocenters.